The number of rotatable bonds is 8. The minimum absolute atomic E-state index is 0. The van der Waals surface area contributed by atoms with Crippen molar-refractivity contribution in [2.45, 2.75) is 23.6 Å². The maximum absolute atomic E-state index is 12.7. The Morgan fingerprint density at radius 1 is 1.44 bits per heavy atom. The molecule has 0 radical (unpaired) electrons. The fraction of sp³-hybridized carbons (Fsp3) is 0.588. The van der Waals surface area contributed by atoms with Gasteiger partial charge in [-0.2, -0.15) is 4.31 Å². The first-order chi connectivity index (χ1) is 12.5. The molecule has 1 aliphatic rings. The first kappa shape index (κ1) is 24.3. The van der Waals surface area contributed by atoms with Crippen LogP contribution < -0.4 is 5.32 Å². The van der Waals surface area contributed by atoms with E-state index in [1.807, 2.05) is 19.2 Å². The Hall–Kier alpha value is -0.690. The molecule has 0 atom stereocenters. The second-order valence-corrected chi connectivity index (χ2v) is 9.32. The summed E-state index contributed by atoms with van der Waals surface area (Å²) in [6.45, 7) is 6.89. The Morgan fingerprint density at radius 3 is 2.78 bits per heavy atom. The van der Waals surface area contributed by atoms with Crippen molar-refractivity contribution in [2.24, 2.45) is 4.99 Å². The van der Waals surface area contributed by atoms with Gasteiger partial charge in [-0.05, 0) is 25.0 Å². The highest BCUT2D eigenvalue weighted by atomic mass is 127. The van der Waals surface area contributed by atoms with Gasteiger partial charge in [0.1, 0.15) is 4.21 Å². The van der Waals surface area contributed by atoms with E-state index < -0.39 is 10.0 Å². The third-order valence-corrected chi connectivity index (χ3v) is 7.55. The summed E-state index contributed by atoms with van der Waals surface area (Å²) in [5.41, 5.74) is 0. The van der Waals surface area contributed by atoms with Crippen LogP contribution in [0.15, 0.2) is 34.0 Å². The molecule has 154 valence electrons. The lowest BCUT2D eigenvalue weighted by molar-refractivity contribution is 0.0731. The fourth-order valence-corrected chi connectivity index (χ4v) is 5.49. The van der Waals surface area contributed by atoms with E-state index in [1.165, 1.54) is 15.6 Å². The van der Waals surface area contributed by atoms with Gasteiger partial charge in [-0.3, -0.25) is 4.99 Å². The van der Waals surface area contributed by atoms with E-state index in [4.69, 9.17) is 4.74 Å². The molecule has 7 nitrogen and oxygen atoms in total. The van der Waals surface area contributed by atoms with Crippen molar-refractivity contribution in [3.8, 4) is 0 Å². The molecule has 0 amide bonds. The van der Waals surface area contributed by atoms with Crippen molar-refractivity contribution in [2.75, 3.05) is 46.9 Å². The number of guanidine groups is 1. The van der Waals surface area contributed by atoms with E-state index in [1.54, 1.807) is 13.1 Å². The second kappa shape index (κ2) is 12.0. The highest BCUT2D eigenvalue weighted by Crippen LogP contribution is 2.25. The van der Waals surface area contributed by atoms with E-state index in [9.17, 15) is 8.42 Å². The van der Waals surface area contributed by atoms with Crippen LogP contribution in [0.25, 0.3) is 0 Å². The van der Waals surface area contributed by atoms with Crippen LogP contribution in [0.2, 0.25) is 0 Å². The fourth-order valence-electron chi connectivity index (χ4n) is 2.64. The number of allylic oxidation sites excluding steroid dienone is 1. The van der Waals surface area contributed by atoms with Crippen LogP contribution in [0, 0.1) is 0 Å². The van der Waals surface area contributed by atoms with Gasteiger partial charge in [0.25, 0.3) is 10.0 Å². The molecule has 0 bridgehead atoms. The summed E-state index contributed by atoms with van der Waals surface area (Å²) in [7, 11) is 0.310. The zero-order valence-electron chi connectivity index (χ0n) is 15.9. The van der Waals surface area contributed by atoms with Gasteiger partial charge < -0.3 is 15.0 Å². The molecule has 0 aromatic carbocycles. The number of halogens is 1. The molecule has 1 N–H and O–H groups in total. The quantitative estimate of drug-likeness (QED) is 0.185. The van der Waals surface area contributed by atoms with Crippen molar-refractivity contribution in [3.05, 3.63) is 29.7 Å². The van der Waals surface area contributed by atoms with Gasteiger partial charge in [0.05, 0.1) is 19.8 Å². The minimum Gasteiger partial charge on any atom is -0.379 e. The van der Waals surface area contributed by atoms with Crippen molar-refractivity contribution >= 4 is 51.3 Å². The van der Waals surface area contributed by atoms with Gasteiger partial charge in [-0.15, -0.1) is 41.9 Å². The van der Waals surface area contributed by atoms with E-state index >= 15 is 0 Å². The number of nitrogens with one attached hydrogen (secondary N) is 1. The number of nitrogens with zero attached hydrogens (tertiary/aromatic N) is 3. The third kappa shape index (κ3) is 7.00. The lowest BCUT2D eigenvalue weighted by Gasteiger charge is -2.25. The molecule has 2 rings (SSSR count). The average Bonchev–Trinajstić information content (AvgIpc) is 3.13. The molecule has 1 aromatic heterocycles. The summed E-state index contributed by atoms with van der Waals surface area (Å²) in [6, 6.07) is 3.54. The summed E-state index contributed by atoms with van der Waals surface area (Å²) >= 11 is 1.30. The Morgan fingerprint density at radius 2 is 2.15 bits per heavy atom. The Labute approximate surface area is 183 Å². The molecule has 0 aliphatic carbocycles. The van der Waals surface area contributed by atoms with E-state index in [-0.39, 0.29) is 24.0 Å². The van der Waals surface area contributed by atoms with Gasteiger partial charge in [-0.1, -0.05) is 6.08 Å². The molecule has 27 heavy (non-hydrogen) atoms. The van der Waals surface area contributed by atoms with Gasteiger partial charge in [0.2, 0.25) is 0 Å². The molecule has 1 aliphatic heterocycles. The lowest BCUT2D eigenvalue weighted by Crippen LogP contribution is -2.40. The number of sulfonamides is 1. The maximum atomic E-state index is 12.7. The normalized spacial score (nSPS) is 15.9. The summed E-state index contributed by atoms with van der Waals surface area (Å²) in [5, 5.41) is 3.29. The van der Waals surface area contributed by atoms with Crippen LogP contribution in [0.3, 0.4) is 0 Å². The predicted octanol–water partition coefficient (Wildman–Crippen LogP) is 2.36. The number of ether oxygens (including phenoxy) is 1. The number of hydrogen-bond donors (Lipinski definition) is 1. The topological polar surface area (TPSA) is 74.2 Å². The highest BCUT2D eigenvalue weighted by Gasteiger charge is 2.27. The van der Waals surface area contributed by atoms with Gasteiger partial charge in [0.15, 0.2) is 5.96 Å². The molecule has 1 aromatic rings. The van der Waals surface area contributed by atoms with Crippen LogP contribution in [0.5, 0.6) is 0 Å². The molecule has 0 unspecified atom stereocenters. The van der Waals surface area contributed by atoms with E-state index in [2.05, 4.69) is 21.8 Å². The van der Waals surface area contributed by atoms with Crippen LogP contribution in [-0.4, -0.2) is 70.5 Å². The molecule has 0 saturated carbocycles. The molecule has 10 heteroatoms. The van der Waals surface area contributed by atoms with Crippen LogP contribution in [0.1, 0.15) is 17.7 Å². The van der Waals surface area contributed by atoms with Crippen LogP contribution in [0.4, 0.5) is 0 Å². The number of aliphatic imine (C=N–C) groups is 1. The molecule has 2 heterocycles. The number of hydrogen-bond acceptors (Lipinski definition) is 5. The van der Waals surface area contributed by atoms with Crippen LogP contribution >= 0.6 is 35.3 Å². The van der Waals surface area contributed by atoms with E-state index in [0.717, 1.165) is 30.2 Å². The smallest absolute Gasteiger partial charge is 0.252 e. The number of unbranched alkanes of at least 4 members (excludes halogenated alkanes) is 1. The summed E-state index contributed by atoms with van der Waals surface area (Å²) in [5.74, 6) is 0.792. The SMILES string of the molecule is C=CCCCN(C)C(=NC)NCc1ccc(S(=O)(=O)N2CCOCC2)s1.I. The second-order valence-electron chi connectivity index (χ2n) is 5.99. The van der Waals surface area contributed by atoms with Gasteiger partial charge >= 0.3 is 0 Å². The monoisotopic (exact) mass is 528 g/mol. The van der Waals surface area contributed by atoms with Crippen molar-refractivity contribution in [1.29, 1.82) is 0 Å². The first-order valence-corrected chi connectivity index (χ1v) is 10.9. The third-order valence-electron chi connectivity index (χ3n) is 4.10. The van der Waals surface area contributed by atoms with Crippen LogP contribution in [-0.2, 0) is 21.3 Å². The standard InChI is InChI=1S/C17H28N4O3S2.HI/c1-4-5-6-9-20(3)17(18-2)19-14-15-7-8-16(25-15)26(22,23)21-10-12-24-13-11-21;/h4,7-8H,1,5-6,9-14H2,2-3H3,(H,18,19);1H. The number of morpholine rings is 1. The Kier molecular flexibility index (Phi) is 10.8. The lowest BCUT2D eigenvalue weighted by atomic mass is 10.3. The van der Waals surface area contributed by atoms with Crippen molar-refractivity contribution in [1.82, 2.24) is 14.5 Å². The van der Waals surface area contributed by atoms with Crippen molar-refractivity contribution < 1.29 is 13.2 Å². The zero-order chi connectivity index (χ0) is 19.0. The molecular formula is C17H29IN4O3S2. The summed E-state index contributed by atoms with van der Waals surface area (Å²) < 4.78 is 32.4. The highest BCUT2D eigenvalue weighted by molar-refractivity contribution is 14.0. The minimum atomic E-state index is -3.42. The average molecular weight is 528 g/mol. The van der Waals surface area contributed by atoms with Crippen molar-refractivity contribution in [3.63, 3.8) is 0 Å². The molecule has 1 saturated heterocycles. The molecular weight excluding hydrogens is 499 g/mol. The summed E-state index contributed by atoms with van der Waals surface area (Å²) in [4.78, 5) is 7.29. The largest absolute Gasteiger partial charge is 0.379 e. The molecule has 1 fully saturated rings. The predicted molar refractivity (Wildman–Crippen MR) is 122 cm³/mol. The summed E-state index contributed by atoms with van der Waals surface area (Å²) in [6.07, 6.45) is 3.89. The van der Waals surface area contributed by atoms with Gasteiger partial charge in [-0.25, -0.2) is 8.42 Å². The Bertz CT molecular complexity index is 716. The zero-order valence-corrected chi connectivity index (χ0v) is 19.9. The van der Waals surface area contributed by atoms with E-state index in [0.29, 0.717) is 37.1 Å². The maximum Gasteiger partial charge on any atom is 0.252 e. The van der Waals surface area contributed by atoms with Gasteiger partial charge in [0, 0.05) is 38.6 Å². The first-order valence-electron chi connectivity index (χ1n) is 8.68. The number of thiophene rings is 1. The molecule has 0 spiro atoms. The Balaban J connectivity index is 0.00000364.